The van der Waals surface area contributed by atoms with E-state index in [1.807, 2.05) is 25.1 Å². The quantitative estimate of drug-likeness (QED) is 0.723. The fraction of sp³-hybridized carbons (Fsp3) is 0.524. The summed E-state index contributed by atoms with van der Waals surface area (Å²) in [5.41, 5.74) is 2.69. The summed E-state index contributed by atoms with van der Waals surface area (Å²) < 4.78 is 12.2. The van der Waals surface area contributed by atoms with Crippen molar-refractivity contribution in [3.05, 3.63) is 46.4 Å². The van der Waals surface area contributed by atoms with E-state index in [4.69, 9.17) is 9.47 Å². The zero-order valence-electron chi connectivity index (χ0n) is 16.2. The SMILES string of the molecule is COCn1ncc(-c2ccc(OCCCC3CCCNC3)cc2C)cc1=O. The first kappa shape index (κ1) is 19.6. The number of hydrogen-bond donors (Lipinski definition) is 1. The van der Waals surface area contributed by atoms with E-state index < -0.39 is 0 Å². The minimum Gasteiger partial charge on any atom is -0.494 e. The molecule has 1 atom stereocenters. The van der Waals surface area contributed by atoms with Gasteiger partial charge in [0.15, 0.2) is 0 Å². The van der Waals surface area contributed by atoms with Crippen LogP contribution in [-0.4, -0.2) is 36.6 Å². The van der Waals surface area contributed by atoms with Gasteiger partial charge in [-0.05, 0) is 74.9 Å². The fourth-order valence-corrected chi connectivity index (χ4v) is 3.58. The molecular weight excluding hydrogens is 342 g/mol. The van der Waals surface area contributed by atoms with Gasteiger partial charge >= 0.3 is 0 Å². The van der Waals surface area contributed by atoms with Crippen molar-refractivity contribution >= 4 is 0 Å². The molecule has 0 bridgehead atoms. The van der Waals surface area contributed by atoms with Crippen LogP contribution < -0.4 is 15.6 Å². The first-order valence-corrected chi connectivity index (χ1v) is 9.68. The molecule has 6 heteroatoms. The molecule has 1 aliphatic heterocycles. The van der Waals surface area contributed by atoms with Gasteiger partial charge in [0, 0.05) is 18.7 Å². The van der Waals surface area contributed by atoms with E-state index in [0.29, 0.717) is 0 Å². The molecule has 0 amide bonds. The van der Waals surface area contributed by atoms with Crippen LogP contribution in [0.3, 0.4) is 0 Å². The van der Waals surface area contributed by atoms with E-state index in [1.54, 1.807) is 12.3 Å². The molecule has 1 saturated heterocycles. The lowest BCUT2D eigenvalue weighted by molar-refractivity contribution is 0.116. The van der Waals surface area contributed by atoms with Gasteiger partial charge in [0.25, 0.3) is 5.56 Å². The zero-order valence-corrected chi connectivity index (χ0v) is 16.2. The number of hydrogen-bond acceptors (Lipinski definition) is 5. The molecule has 1 unspecified atom stereocenters. The molecule has 27 heavy (non-hydrogen) atoms. The van der Waals surface area contributed by atoms with Crippen LogP contribution in [0.5, 0.6) is 5.75 Å². The van der Waals surface area contributed by atoms with Gasteiger partial charge in [-0.15, -0.1) is 0 Å². The summed E-state index contributed by atoms with van der Waals surface area (Å²) in [4.78, 5) is 12.1. The molecule has 0 spiro atoms. The molecule has 0 saturated carbocycles. The number of methoxy groups -OCH3 is 1. The molecule has 1 aliphatic rings. The Morgan fingerprint density at radius 2 is 2.22 bits per heavy atom. The van der Waals surface area contributed by atoms with Crippen LogP contribution >= 0.6 is 0 Å². The topological polar surface area (TPSA) is 65.4 Å². The maximum atomic E-state index is 12.1. The third kappa shape index (κ3) is 5.40. The van der Waals surface area contributed by atoms with Crippen molar-refractivity contribution in [1.82, 2.24) is 15.1 Å². The number of piperidine rings is 1. The predicted molar refractivity (Wildman–Crippen MR) is 106 cm³/mol. The number of aryl methyl sites for hydroxylation is 1. The Balaban J connectivity index is 1.57. The zero-order chi connectivity index (χ0) is 19.1. The van der Waals surface area contributed by atoms with Crippen LogP contribution in [0, 0.1) is 12.8 Å². The van der Waals surface area contributed by atoms with Gasteiger partial charge in [-0.3, -0.25) is 4.79 Å². The van der Waals surface area contributed by atoms with Gasteiger partial charge in [-0.1, -0.05) is 6.07 Å². The molecular formula is C21H29N3O3. The summed E-state index contributed by atoms with van der Waals surface area (Å²) in [6, 6.07) is 7.57. The van der Waals surface area contributed by atoms with Gasteiger partial charge < -0.3 is 14.8 Å². The van der Waals surface area contributed by atoms with E-state index >= 15 is 0 Å². The molecule has 2 heterocycles. The van der Waals surface area contributed by atoms with E-state index in [0.717, 1.165) is 54.5 Å². The lowest BCUT2D eigenvalue weighted by atomic mass is 9.95. The van der Waals surface area contributed by atoms with Crippen molar-refractivity contribution < 1.29 is 9.47 Å². The standard InChI is InChI=1S/C21H29N3O3/c1-16-11-19(27-10-4-6-17-5-3-9-22-13-17)7-8-20(16)18-12-21(25)24(15-26-2)23-14-18/h7-8,11-12,14,17,22H,3-6,9-10,13,15H2,1-2H3. The smallest absolute Gasteiger partial charge is 0.269 e. The molecule has 0 aliphatic carbocycles. The van der Waals surface area contributed by atoms with E-state index in [-0.39, 0.29) is 12.3 Å². The molecule has 0 radical (unpaired) electrons. The second-order valence-electron chi connectivity index (χ2n) is 7.18. The molecule has 6 nitrogen and oxygen atoms in total. The number of benzene rings is 1. The summed E-state index contributed by atoms with van der Waals surface area (Å²) in [7, 11) is 1.54. The highest BCUT2D eigenvalue weighted by Gasteiger charge is 2.12. The normalized spacial score (nSPS) is 17.0. The molecule has 1 fully saturated rings. The average Bonchev–Trinajstić information content (AvgIpc) is 2.68. The van der Waals surface area contributed by atoms with Crippen molar-refractivity contribution in [2.45, 2.75) is 39.3 Å². The van der Waals surface area contributed by atoms with Crippen molar-refractivity contribution in [2.24, 2.45) is 5.92 Å². The summed E-state index contributed by atoms with van der Waals surface area (Å²) in [6.45, 7) is 5.23. The van der Waals surface area contributed by atoms with E-state index in [2.05, 4.69) is 10.4 Å². The number of rotatable bonds is 8. The molecule has 2 aromatic rings. The second kappa shape index (κ2) is 9.67. The third-order valence-corrected chi connectivity index (χ3v) is 5.05. The maximum Gasteiger partial charge on any atom is 0.269 e. The number of aromatic nitrogens is 2. The van der Waals surface area contributed by atoms with Crippen molar-refractivity contribution in [3.63, 3.8) is 0 Å². The highest BCUT2D eigenvalue weighted by atomic mass is 16.5. The molecule has 146 valence electrons. The van der Waals surface area contributed by atoms with Crippen molar-refractivity contribution in [2.75, 3.05) is 26.8 Å². The first-order valence-electron chi connectivity index (χ1n) is 9.68. The molecule has 1 aromatic heterocycles. The predicted octanol–water partition coefficient (Wildman–Crippen LogP) is 2.98. The van der Waals surface area contributed by atoms with Crippen LogP contribution in [0.1, 0.15) is 31.2 Å². The fourth-order valence-electron chi connectivity index (χ4n) is 3.58. The molecule has 3 rings (SSSR count). The van der Waals surface area contributed by atoms with Crippen LogP contribution in [0.2, 0.25) is 0 Å². The van der Waals surface area contributed by atoms with Gasteiger partial charge in [0.1, 0.15) is 12.5 Å². The average molecular weight is 371 g/mol. The Hall–Kier alpha value is -2.18. The van der Waals surface area contributed by atoms with Crippen LogP contribution in [0.15, 0.2) is 35.3 Å². The lowest BCUT2D eigenvalue weighted by Crippen LogP contribution is -2.29. The van der Waals surface area contributed by atoms with Crippen molar-refractivity contribution in [3.8, 4) is 16.9 Å². The van der Waals surface area contributed by atoms with Gasteiger partial charge in [-0.25, -0.2) is 4.68 Å². The van der Waals surface area contributed by atoms with E-state index in [9.17, 15) is 4.79 Å². The Labute approximate surface area is 160 Å². The Morgan fingerprint density at radius 1 is 1.33 bits per heavy atom. The lowest BCUT2D eigenvalue weighted by Gasteiger charge is -2.22. The molecule has 1 N–H and O–H groups in total. The summed E-state index contributed by atoms with van der Waals surface area (Å²) in [6.07, 6.45) is 6.61. The highest BCUT2D eigenvalue weighted by molar-refractivity contribution is 5.66. The highest BCUT2D eigenvalue weighted by Crippen LogP contribution is 2.26. The third-order valence-electron chi connectivity index (χ3n) is 5.05. The second-order valence-corrected chi connectivity index (χ2v) is 7.18. The summed E-state index contributed by atoms with van der Waals surface area (Å²) in [5, 5.41) is 7.62. The minimum absolute atomic E-state index is 0.155. The number of nitrogens with one attached hydrogen (secondary N) is 1. The van der Waals surface area contributed by atoms with Gasteiger partial charge in [0.2, 0.25) is 0 Å². The Bertz CT molecular complexity index is 797. The monoisotopic (exact) mass is 371 g/mol. The maximum absolute atomic E-state index is 12.1. The van der Waals surface area contributed by atoms with Crippen LogP contribution in [0.25, 0.3) is 11.1 Å². The minimum atomic E-state index is -0.175. The van der Waals surface area contributed by atoms with Crippen molar-refractivity contribution in [1.29, 1.82) is 0 Å². The molecule has 1 aromatic carbocycles. The Morgan fingerprint density at radius 3 is 2.93 bits per heavy atom. The van der Waals surface area contributed by atoms with Gasteiger partial charge in [-0.2, -0.15) is 5.10 Å². The largest absolute Gasteiger partial charge is 0.494 e. The number of nitrogens with zero attached hydrogens (tertiary/aromatic N) is 2. The van der Waals surface area contributed by atoms with E-state index in [1.165, 1.54) is 31.1 Å². The van der Waals surface area contributed by atoms with Crippen LogP contribution in [0.4, 0.5) is 0 Å². The summed E-state index contributed by atoms with van der Waals surface area (Å²) >= 11 is 0. The summed E-state index contributed by atoms with van der Waals surface area (Å²) in [5.74, 6) is 1.66. The first-order chi connectivity index (χ1) is 13.2. The van der Waals surface area contributed by atoms with Crippen LogP contribution in [-0.2, 0) is 11.5 Å². The Kier molecular flexibility index (Phi) is 7.01. The van der Waals surface area contributed by atoms with Gasteiger partial charge in [0.05, 0.1) is 12.8 Å². The number of ether oxygens (including phenoxy) is 2.